The number of halogens is 2. The molecule has 0 spiro atoms. The molecule has 0 aromatic carbocycles. The van der Waals surface area contributed by atoms with E-state index in [-0.39, 0.29) is 11.8 Å². The van der Waals surface area contributed by atoms with E-state index < -0.39 is 12.3 Å². The Kier molecular flexibility index (Phi) is 11.8. The average molecular weight is 455 g/mol. The number of hydrogen-bond donors (Lipinski definition) is 0. The van der Waals surface area contributed by atoms with Crippen molar-refractivity contribution < 1.29 is 13.5 Å². The van der Waals surface area contributed by atoms with E-state index in [1.807, 2.05) is 0 Å². The van der Waals surface area contributed by atoms with Gasteiger partial charge in [-0.05, 0) is 87.4 Å². The molecule has 3 saturated carbocycles. The van der Waals surface area contributed by atoms with Gasteiger partial charge in [-0.3, -0.25) is 0 Å². The summed E-state index contributed by atoms with van der Waals surface area (Å²) in [7, 11) is 0. The molecule has 4 unspecified atom stereocenters. The highest BCUT2D eigenvalue weighted by Gasteiger charge is 2.46. The maximum atomic E-state index is 15.3. The second kappa shape index (κ2) is 14.3. The molecule has 0 aliphatic heterocycles. The van der Waals surface area contributed by atoms with E-state index in [0.29, 0.717) is 17.9 Å². The molecule has 0 bridgehead atoms. The molecule has 0 amide bonds. The van der Waals surface area contributed by atoms with Gasteiger partial charge < -0.3 is 4.74 Å². The molecule has 1 nitrogen and oxygen atoms in total. The van der Waals surface area contributed by atoms with E-state index in [4.69, 9.17) is 4.74 Å². The van der Waals surface area contributed by atoms with Crippen LogP contribution in [-0.4, -0.2) is 25.1 Å². The Labute approximate surface area is 197 Å². The zero-order valence-electron chi connectivity index (χ0n) is 21.2. The molecule has 0 aromatic rings. The zero-order chi connectivity index (χ0) is 22.8. The fourth-order valence-electron chi connectivity index (χ4n) is 7.22. The minimum absolute atomic E-state index is 0.0133. The highest BCUT2D eigenvalue weighted by Crippen LogP contribution is 2.48. The first-order valence-corrected chi connectivity index (χ1v) is 14.5. The van der Waals surface area contributed by atoms with Crippen LogP contribution in [0, 0.1) is 29.6 Å². The summed E-state index contributed by atoms with van der Waals surface area (Å²) in [5, 5.41) is 0. The summed E-state index contributed by atoms with van der Waals surface area (Å²) in [5.41, 5.74) is 0. The SMILES string of the molecule is CCCCCCOC1CCC(C2CCC(C3CCC(CCCCC)CC3)C(F)C2F)CC1. The summed E-state index contributed by atoms with van der Waals surface area (Å²) in [6.45, 7) is 5.37. The third kappa shape index (κ3) is 7.67. The first-order valence-electron chi connectivity index (χ1n) is 14.5. The maximum absolute atomic E-state index is 15.3. The van der Waals surface area contributed by atoms with Gasteiger partial charge in [0.05, 0.1) is 6.10 Å². The van der Waals surface area contributed by atoms with Crippen LogP contribution in [0.2, 0.25) is 0 Å². The molecule has 188 valence electrons. The van der Waals surface area contributed by atoms with Crippen LogP contribution in [0.25, 0.3) is 0 Å². The molecular weight excluding hydrogens is 402 g/mol. The fraction of sp³-hybridized carbons (Fsp3) is 1.00. The van der Waals surface area contributed by atoms with Crippen LogP contribution < -0.4 is 0 Å². The zero-order valence-corrected chi connectivity index (χ0v) is 21.2. The number of ether oxygens (including phenoxy) is 1. The van der Waals surface area contributed by atoms with Gasteiger partial charge in [-0.25, -0.2) is 8.78 Å². The fourth-order valence-corrected chi connectivity index (χ4v) is 7.22. The van der Waals surface area contributed by atoms with Gasteiger partial charge in [0.15, 0.2) is 0 Å². The highest BCUT2D eigenvalue weighted by atomic mass is 19.2. The molecule has 0 N–H and O–H groups in total. The van der Waals surface area contributed by atoms with E-state index in [1.54, 1.807) is 0 Å². The van der Waals surface area contributed by atoms with E-state index in [0.717, 1.165) is 70.3 Å². The van der Waals surface area contributed by atoms with Crippen LogP contribution in [0.5, 0.6) is 0 Å². The van der Waals surface area contributed by atoms with Gasteiger partial charge in [0.1, 0.15) is 12.3 Å². The van der Waals surface area contributed by atoms with Crippen molar-refractivity contribution in [2.45, 2.75) is 148 Å². The van der Waals surface area contributed by atoms with Crippen molar-refractivity contribution in [2.24, 2.45) is 29.6 Å². The van der Waals surface area contributed by atoms with Crippen molar-refractivity contribution in [1.29, 1.82) is 0 Å². The molecule has 3 aliphatic carbocycles. The predicted octanol–water partition coefficient (Wildman–Crippen LogP) is 9.23. The second-order valence-electron chi connectivity index (χ2n) is 11.5. The van der Waals surface area contributed by atoms with Crippen LogP contribution >= 0.6 is 0 Å². The third-order valence-electron chi connectivity index (χ3n) is 9.34. The molecule has 3 fully saturated rings. The van der Waals surface area contributed by atoms with Crippen molar-refractivity contribution in [3.63, 3.8) is 0 Å². The lowest BCUT2D eigenvalue weighted by Crippen LogP contribution is -2.45. The van der Waals surface area contributed by atoms with Crippen LogP contribution in [-0.2, 0) is 4.74 Å². The minimum Gasteiger partial charge on any atom is -0.378 e. The molecule has 3 rings (SSSR count). The topological polar surface area (TPSA) is 9.23 Å². The summed E-state index contributed by atoms with van der Waals surface area (Å²) in [6, 6.07) is 0. The Hall–Kier alpha value is -0.180. The molecular formula is C29H52F2O. The molecule has 3 aliphatic rings. The van der Waals surface area contributed by atoms with Crippen LogP contribution in [0.3, 0.4) is 0 Å². The third-order valence-corrected chi connectivity index (χ3v) is 9.34. The quantitative estimate of drug-likeness (QED) is 0.267. The maximum Gasteiger partial charge on any atom is 0.134 e. The summed E-state index contributed by atoms with van der Waals surface area (Å²) >= 11 is 0. The molecule has 0 saturated heterocycles. The largest absolute Gasteiger partial charge is 0.378 e. The Bertz CT molecular complexity index is 482. The molecule has 0 aromatic heterocycles. The number of alkyl halides is 2. The Morgan fingerprint density at radius 2 is 1.12 bits per heavy atom. The van der Waals surface area contributed by atoms with Gasteiger partial charge >= 0.3 is 0 Å². The summed E-state index contributed by atoms with van der Waals surface area (Å²) in [4.78, 5) is 0. The highest BCUT2D eigenvalue weighted by molar-refractivity contribution is 4.95. The lowest BCUT2D eigenvalue weighted by atomic mass is 9.64. The lowest BCUT2D eigenvalue weighted by molar-refractivity contribution is -0.0487. The Morgan fingerprint density at radius 3 is 1.69 bits per heavy atom. The molecule has 32 heavy (non-hydrogen) atoms. The van der Waals surface area contributed by atoms with Crippen molar-refractivity contribution in [3.05, 3.63) is 0 Å². The number of hydrogen-bond acceptors (Lipinski definition) is 1. The molecule has 0 radical (unpaired) electrons. The van der Waals surface area contributed by atoms with Crippen molar-refractivity contribution in [1.82, 2.24) is 0 Å². The van der Waals surface area contributed by atoms with Gasteiger partial charge in [0.25, 0.3) is 0 Å². The van der Waals surface area contributed by atoms with Gasteiger partial charge in [0.2, 0.25) is 0 Å². The number of unbranched alkanes of at least 4 members (excludes halogenated alkanes) is 5. The van der Waals surface area contributed by atoms with E-state index in [2.05, 4.69) is 13.8 Å². The van der Waals surface area contributed by atoms with Crippen molar-refractivity contribution >= 4 is 0 Å². The van der Waals surface area contributed by atoms with Crippen molar-refractivity contribution in [2.75, 3.05) is 6.61 Å². The molecule has 0 heterocycles. The summed E-state index contributed by atoms with van der Waals surface area (Å²) in [5.74, 6) is 1.59. The van der Waals surface area contributed by atoms with E-state index in [1.165, 1.54) is 57.8 Å². The van der Waals surface area contributed by atoms with Gasteiger partial charge in [0, 0.05) is 6.61 Å². The lowest BCUT2D eigenvalue weighted by Gasteiger charge is -2.44. The summed E-state index contributed by atoms with van der Waals surface area (Å²) < 4.78 is 36.7. The van der Waals surface area contributed by atoms with E-state index in [9.17, 15) is 0 Å². The van der Waals surface area contributed by atoms with Crippen molar-refractivity contribution in [3.8, 4) is 0 Å². The Morgan fingerprint density at radius 1 is 0.594 bits per heavy atom. The summed E-state index contributed by atoms with van der Waals surface area (Å²) in [6.07, 6.45) is 19.0. The first-order chi connectivity index (χ1) is 15.6. The van der Waals surface area contributed by atoms with Gasteiger partial charge in [-0.2, -0.15) is 0 Å². The predicted molar refractivity (Wildman–Crippen MR) is 131 cm³/mol. The average Bonchev–Trinajstić information content (AvgIpc) is 2.82. The molecule has 3 heteroatoms. The Balaban J connectivity index is 1.36. The van der Waals surface area contributed by atoms with Gasteiger partial charge in [-0.1, -0.05) is 71.6 Å². The normalized spacial score (nSPS) is 38.6. The van der Waals surface area contributed by atoms with Gasteiger partial charge in [-0.15, -0.1) is 0 Å². The van der Waals surface area contributed by atoms with Crippen LogP contribution in [0.4, 0.5) is 8.78 Å². The monoisotopic (exact) mass is 454 g/mol. The molecule has 4 atom stereocenters. The van der Waals surface area contributed by atoms with E-state index >= 15 is 8.78 Å². The smallest absolute Gasteiger partial charge is 0.134 e. The van der Waals surface area contributed by atoms with Crippen LogP contribution in [0.1, 0.15) is 129 Å². The second-order valence-corrected chi connectivity index (χ2v) is 11.5. The number of rotatable bonds is 12. The standard InChI is InChI=1S/C29H52F2O/c1-3-5-7-9-21-32-25-17-15-24(16-18-25)27-20-19-26(28(30)29(27)31)23-13-11-22(12-14-23)10-8-6-4-2/h22-29H,3-21H2,1-2H3. The minimum atomic E-state index is -1.23. The van der Waals surface area contributed by atoms with Crippen LogP contribution in [0.15, 0.2) is 0 Å². The first kappa shape index (κ1) is 26.4.